The Balaban J connectivity index is 2.69. The lowest BCUT2D eigenvalue weighted by Crippen LogP contribution is -2.36. The molecule has 1 amide bonds. The molecule has 0 saturated heterocycles. The maximum atomic E-state index is 11.7. The molecule has 1 aromatic carbocycles. The van der Waals surface area contributed by atoms with Gasteiger partial charge >= 0.3 is 0 Å². The normalized spacial score (nSPS) is 13.1. The molecule has 0 aliphatic rings. The van der Waals surface area contributed by atoms with E-state index in [0.717, 1.165) is 10.6 Å². The van der Waals surface area contributed by atoms with Crippen molar-refractivity contribution in [1.82, 2.24) is 5.06 Å². The molecule has 1 aromatic rings. The Labute approximate surface area is 107 Å². The van der Waals surface area contributed by atoms with E-state index in [-0.39, 0.29) is 5.91 Å². The summed E-state index contributed by atoms with van der Waals surface area (Å²) in [5, 5.41) is 10.9. The van der Waals surface area contributed by atoms with Crippen LogP contribution in [-0.4, -0.2) is 36.3 Å². The van der Waals surface area contributed by atoms with Gasteiger partial charge in [0.2, 0.25) is 0 Å². The highest BCUT2D eigenvalue weighted by atomic mass is 16.7. The van der Waals surface area contributed by atoms with Crippen LogP contribution in [0.25, 0.3) is 0 Å². The molecule has 0 aromatic heterocycles. The van der Waals surface area contributed by atoms with Gasteiger partial charge in [0.1, 0.15) is 6.10 Å². The van der Waals surface area contributed by atoms with Crippen molar-refractivity contribution < 1.29 is 14.7 Å². The van der Waals surface area contributed by atoms with Crippen LogP contribution in [-0.2, 0) is 9.63 Å². The van der Waals surface area contributed by atoms with Crippen LogP contribution in [0.1, 0.15) is 12.5 Å². The molecule has 4 heteroatoms. The van der Waals surface area contributed by atoms with Crippen molar-refractivity contribution in [3.05, 3.63) is 35.9 Å². The zero-order valence-corrected chi connectivity index (χ0v) is 10.8. The van der Waals surface area contributed by atoms with E-state index in [1.165, 1.54) is 14.2 Å². The van der Waals surface area contributed by atoms with Gasteiger partial charge in [-0.25, -0.2) is 5.06 Å². The Morgan fingerprint density at radius 3 is 2.56 bits per heavy atom. The van der Waals surface area contributed by atoms with Crippen molar-refractivity contribution >= 4 is 5.91 Å². The molecule has 0 aliphatic carbocycles. The number of rotatable bonds is 3. The molecule has 0 bridgehead atoms. The van der Waals surface area contributed by atoms with Gasteiger partial charge in [-0.15, -0.1) is 0 Å². The first-order valence-corrected chi connectivity index (χ1v) is 5.62. The number of hydrogen-bond donors (Lipinski definition) is 1. The van der Waals surface area contributed by atoms with Gasteiger partial charge in [0.15, 0.2) is 0 Å². The summed E-state index contributed by atoms with van der Waals surface area (Å²) < 4.78 is 0. The van der Waals surface area contributed by atoms with Crippen molar-refractivity contribution in [3.8, 4) is 11.8 Å². The van der Waals surface area contributed by atoms with Gasteiger partial charge in [-0.3, -0.25) is 9.63 Å². The van der Waals surface area contributed by atoms with Crippen molar-refractivity contribution in [2.75, 3.05) is 14.2 Å². The summed E-state index contributed by atoms with van der Waals surface area (Å²) in [6.07, 6.45) is -1.02. The summed E-state index contributed by atoms with van der Waals surface area (Å²) in [6, 6.07) is 9.30. The molecule has 0 radical (unpaired) electrons. The SMILES string of the molecule is CON(C)C(=O)[C@H](C)[C@@H](O)C#Cc1ccccc1. The quantitative estimate of drug-likeness (QED) is 0.641. The molecule has 1 N–H and O–H groups in total. The van der Waals surface area contributed by atoms with Gasteiger partial charge in [0.05, 0.1) is 13.0 Å². The third-order valence-electron chi connectivity index (χ3n) is 2.59. The summed E-state index contributed by atoms with van der Waals surface area (Å²) in [7, 11) is 2.89. The van der Waals surface area contributed by atoms with E-state index in [9.17, 15) is 9.90 Å². The fourth-order valence-corrected chi connectivity index (χ4v) is 1.32. The summed E-state index contributed by atoms with van der Waals surface area (Å²) >= 11 is 0. The second-order valence-electron chi connectivity index (χ2n) is 3.89. The number of carbonyl (C=O) groups excluding carboxylic acids is 1. The van der Waals surface area contributed by atoms with Gasteiger partial charge < -0.3 is 5.11 Å². The zero-order valence-electron chi connectivity index (χ0n) is 10.8. The first-order valence-electron chi connectivity index (χ1n) is 5.62. The van der Waals surface area contributed by atoms with Crippen LogP contribution in [0.15, 0.2) is 30.3 Å². The monoisotopic (exact) mass is 247 g/mol. The summed E-state index contributed by atoms with van der Waals surface area (Å²) in [4.78, 5) is 16.5. The molecule has 0 heterocycles. The van der Waals surface area contributed by atoms with Crippen LogP contribution >= 0.6 is 0 Å². The van der Waals surface area contributed by atoms with Gasteiger partial charge in [-0.1, -0.05) is 37.0 Å². The summed E-state index contributed by atoms with van der Waals surface area (Å²) in [6.45, 7) is 1.61. The number of aliphatic hydroxyl groups is 1. The average Bonchev–Trinajstić information content (AvgIpc) is 2.43. The fraction of sp³-hybridized carbons (Fsp3) is 0.357. The molecule has 0 saturated carbocycles. The molecule has 1 rings (SSSR count). The third-order valence-corrected chi connectivity index (χ3v) is 2.59. The number of nitrogens with zero attached hydrogens (tertiary/aromatic N) is 1. The minimum absolute atomic E-state index is 0.313. The van der Waals surface area contributed by atoms with E-state index in [4.69, 9.17) is 4.84 Å². The molecular weight excluding hydrogens is 230 g/mol. The maximum Gasteiger partial charge on any atom is 0.252 e. The fourth-order valence-electron chi connectivity index (χ4n) is 1.32. The van der Waals surface area contributed by atoms with Crippen LogP contribution in [0.4, 0.5) is 0 Å². The van der Waals surface area contributed by atoms with E-state index < -0.39 is 12.0 Å². The Hall–Kier alpha value is -1.83. The first-order chi connectivity index (χ1) is 8.56. The van der Waals surface area contributed by atoms with Crippen LogP contribution in [0.5, 0.6) is 0 Å². The third kappa shape index (κ3) is 3.88. The zero-order chi connectivity index (χ0) is 13.5. The highest BCUT2D eigenvalue weighted by Gasteiger charge is 2.23. The number of carbonyl (C=O) groups is 1. The molecule has 18 heavy (non-hydrogen) atoms. The second kappa shape index (κ2) is 6.80. The smallest absolute Gasteiger partial charge is 0.252 e. The minimum atomic E-state index is -1.02. The van der Waals surface area contributed by atoms with E-state index in [1.54, 1.807) is 6.92 Å². The standard InChI is InChI=1S/C14H17NO3/c1-11(14(17)15(2)18-3)13(16)10-9-12-7-5-4-6-8-12/h4-8,11,13,16H,1-3H3/t11-,13+/m1/s1. The molecule has 2 atom stereocenters. The van der Waals surface area contributed by atoms with Crippen molar-refractivity contribution in [2.45, 2.75) is 13.0 Å². The van der Waals surface area contributed by atoms with E-state index >= 15 is 0 Å². The first kappa shape index (κ1) is 14.2. The topological polar surface area (TPSA) is 49.8 Å². The Morgan fingerprint density at radius 1 is 1.39 bits per heavy atom. The maximum absolute atomic E-state index is 11.7. The van der Waals surface area contributed by atoms with Crippen molar-refractivity contribution in [2.24, 2.45) is 5.92 Å². The number of aliphatic hydroxyl groups excluding tert-OH is 1. The van der Waals surface area contributed by atoms with Gasteiger partial charge in [-0.2, -0.15) is 0 Å². The van der Waals surface area contributed by atoms with E-state index in [1.807, 2.05) is 30.3 Å². The predicted molar refractivity (Wildman–Crippen MR) is 68.3 cm³/mol. The molecule has 96 valence electrons. The average molecular weight is 247 g/mol. The minimum Gasteiger partial charge on any atom is -0.380 e. The van der Waals surface area contributed by atoms with Gasteiger partial charge in [-0.05, 0) is 12.1 Å². The number of hydroxylamine groups is 2. The lowest BCUT2D eigenvalue weighted by Gasteiger charge is -2.19. The molecule has 0 fully saturated rings. The van der Waals surface area contributed by atoms with Crippen molar-refractivity contribution in [3.63, 3.8) is 0 Å². The highest BCUT2D eigenvalue weighted by Crippen LogP contribution is 2.07. The predicted octanol–water partition coefficient (Wildman–Crippen LogP) is 1.05. The van der Waals surface area contributed by atoms with Crippen LogP contribution in [0.2, 0.25) is 0 Å². The Bertz CT molecular complexity index is 447. The second-order valence-corrected chi connectivity index (χ2v) is 3.89. The Kier molecular flexibility index (Phi) is 5.37. The lowest BCUT2D eigenvalue weighted by molar-refractivity contribution is -0.175. The summed E-state index contributed by atoms with van der Waals surface area (Å²) in [5.74, 6) is 4.54. The van der Waals surface area contributed by atoms with Crippen LogP contribution < -0.4 is 0 Å². The highest BCUT2D eigenvalue weighted by molar-refractivity contribution is 5.78. The van der Waals surface area contributed by atoms with Crippen LogP contribution in [0, 0.1) is 17.8 Å². The largest absolute Gasteiger partial charge is 0.380 e. The van der Waals surface area contributed by atoms with Gasteiger partial charge in [0.25, 0.3) is 5.91 Å². The number of hydrogen-bond acceptors (Lipinski definition) is 3. The van der Waals surface area contributed by atoms with E-state index in [0.29, 0.717) is 0 Å². The van der Waals surface area contributed by atoms with Crippen molar-refractivity contribution in [1.29, 1.82) is 0 Å². The lowest BCUT2D eigenvalue weighted by atomic mass is 10.0. The molecular formula is C14H17NO3. The molecule has 0 aliphatic heterocycles. The van der Waals surface area contributed by atoms with E-state index in [2.05, 4.69) is 11.8 Å². The number of amides is 1. The van der Waals surface area contributed by atoms with Gasteiger partial charge in [0, 0.05) is 12.6 Å². The molecule has 0 spiro atoms. The molecule has 4 nitrogen and oxygen atoms in total. The Morgan fingerprint density at radius 2 is 2.00 bits per heavy atom. The molecule has 0 unspecified atom stereocenters. The summed E-state index contributed by atoms with van der Waals surface area (Å²) in [5.41, 5.74) is 0.802. The number of benzene rings is 1. The van der Waals surface area contributed by atoms with Crippen LogP contribution in [0.3, 0.4) is 0 Å².